The van der Waals surface area contributed by atoms with Crippen LogP contribution in [0, 0.1) is 11.6 Å². The van der Waals surface area contributed by atoms with Crippen molar-refractivity contribution in [2.75, 3.05) is 45.9 Å². The van der Waals surface area contributed by atoms with Crippen LogP contribution in [0.4, 0.5) is 8.78 Å². The third-order valence-corrected chi connectivity index (χ3v) is 7.44. The first-order valence-electron chi connectivity index (χ1n) is 13.1. The van der Waals surface area contributed by atoms with E-state index >= 15 is 0 Å². The van der Waals surface area contributed by atoms with Crippen molar-refractivity contribution in [3.63, 3.8) is 0 Å². The zero-order valence-corrected chi connectivity index (χ0v) is 22.6. The molecule has 0 N–H and O–H groups in total. The van der Waals surface area contributed by atoms with E-state index < -0.39 is 23.6 Å². The second kappa shape index (κ2) is 12.7. The molecule has 1 atom stereocenters. The Morgan fingerprint density at radius 2 is 1.68 bits per heavy atom. The maximum Gasteiger partial charge on any atom is 0.262 e. The maximum absolute atomic E-state index is 14.7. The lowest BCUT2D eigenvalue weighted by Gasteiger charge is -2.31. The molecule has 40 heavy (non-hydrogen) atoms. The fraction of sp³-hybridized carbons (Fsp3) is 0.300. The van der Waals surface area contributed by atoms with Gasteiger partial charge in [-0.05, 0) is 35.9 Å². The summed E-state index contributed by atoms with van der Waals surface area (Å²) in [5, 5.41) is 6.11. The Balaban J connectivity index is 1.43. The fourth-order valence-corrected chi connectivity index (χ4v) is 5.14. The summed E-state index contributed by atoms with van der Waals surface area (Å²) in [6.07, 6.45) is 0.241. The smallest absolute Gasteiger partial charge is 0.262 e. The van der Waals surface area contributed by atoms with Crippen molar-refractivity contribution in [3.8, 4) is 0 Å². The Hall–Kier alpha value is -3.66. The molecule has 5 rings (SSSR count). The summed E-state index contributed by atoms with van der Waals surface area (Å²) in [4.78, 5) is 31.1. The second-order valence-electron chi connectivity index (χ2n) is 9.70. The van der Waals surface area contributed by atoms with Crippen LogP contribution in [0.25, 0.3) is 0 Å². The molecule has 0 bridgehead atoms. The number of nitrogens with zero attached hydrogens (tertiary/aromatic N) is 4. The van der Waals surface area contributed by atoms with Crippen LogP contribution in [-0.2, 0) is 9.53 Å². The van der Waals surface area contributed by atoms with Crippen LogP contribution in [0.3, 0.4) is 0 Å². The van der Waals surface area contributed by atoms with Crippen molar-refractivity contribution < 1.29 is 23.1 Å². The average molecular weight is 567 g/mol. The first-order chi connectivity index (χ1) is 19.4. The molecule has 0 aromatic heterocycles. The molecule has 2 aliphatic rings. The van der Waals surface area contributed by atoms with Crippen LogP contribution in [0.15, 0.2) is 77.9 Å². The monoisotopic (exact) mass is 566 g/mol. The number of halogens is 3. The largest absolute Gasteiger partial charge is 0.379 e. The summed E-state index contributed by atoms with van der Waals surface area (Å²) in [5.74, 6) is -1.67. The van der Waals surface area contributed by atoms with E-state index in [-0.39, 0.29) is 25.4 Å². The number of rotatable bonds is 8. The Labute approximate surface area is 236 Å². The predicted octanol–water partition coefficient (Wildman–Crippen LogP) is 4.77. The van der Waals surface area contributed by atoms with Crippen molar-refractivity contribution in [2.45, 2.75) is 12.5 Å². The minimum absolute atomic E-state index is 0.241. The lowest BCUT2D eigenvalue weighted by molar-refractivity contribution is -0.133. The molecule has 1 saturated heterocycles. The van der Waals surface area contributed by atoms with Crippen LogP contribution >= 0.6 is 11.6 Å². The lowest BCUT2D eigenvalue weighted by atomic mass is 9.98. The average Bonchev–Trinajstić information content (AvgIpc) is 3.42. The third kappa shape index (κ3) is 6.38. The Morgan fingerprint density at radius 3 is 2.40 bits per heavy atom. The van der Waals surface area contributed by atoms with Gasteiger partial charge in [-0.25, -0.2) is 13.8 Å². The fourth-order valence-electron chi connectivity index (χ4n) is 4.92. The molecular formula is C30H29ClF2N4O3. The first-order valence-corrected chi connectivity index (χ1v) is 13.5. The number of ether oxygens (including phenoxy) is 1. The zero-order chi connectivity index (χ0) is 28.1. The number of hydrogen-bond acceptors (Lipinski definition) is 5. The van der Waals surface area contributed by atoms with Crippen molar-refractivity contribution in [1.29, 1.82) is 0 Å². The van der Waals surface area contributed by atoms with E-state index in [1.165, 1.54) is 28.1 Å². The first kappa shape index (κ1) is 27.9. The Bertz CT molecular complexity index is 1400. The molecular weight excluding hydrogens is 538 g/mol. The highest BCUT2D eigenvalue weighted by Gasteiger charge is 2.35. The van der Waals surface area contributed by atoms with E-state index in [2.05, 4.69) is 10.0 Å². The highest BCUT2D eigenvalue weighted by Crippen LogP contribution is 2.33. The quantitative estimate of drug-likeness (QED) is 0.394. The van der Waals surface area contributed by atoms with Gasteiger partial charge in [-0.2, -0.15) is 5.10 Å². The molecule has 2 aliphatic heterocycles. The number of amides is 2. The van der Waals surface area contributed by atoms with E-state index in [1.807, 2.05) is 0 Å². The lowest BCUT2D eigenvalue weighted by Crippen LogP contribution is -2.46. The minimum Gasteiger partial charge on any atom is -0.379 e. The highest BCUT2D eigenvalue weighted by atomic mass is 35.5. The van der Waals surface area contributed by atoms with Crippen LogP contribution in [0.5, 0.6) is 0 Å². The number of carbonyl (C=O) groups excluding carboxylic acids is 2. The number of hydrazone groups is 1. The molecule has 1 fully saturated rings. The van der Waals surface area contributed by atoms with Gasteiger partial charge in [0, 0.05) is 38.2 Å². The minimum atomic E-state index is -0.584. The molecule has 0 saturated carbocycles. The Morgan fingerprint density at radius 1 is 0.975 bits per heavy atom. The van der Waals surface area contributed by atoms with E-state index in [9.17, 15) is 18.4 Å². The maximum atomic E-state index is 14.7. The molecule has 0 unspecified atom stereocenters. The molecule has 0 radical (unpaired) electrons. The highest BCUT2D eigenvalue weighted by molar-refractivity contribution is 6.33. The normalized spacial score (nSPS) is 17.5. The van der Waals surface area contributed by atoms with Crippen molar-refractivity contribution in [2.24, 2.45) is 5.10 Å². The van der Waals surface area contributed by atoms with Gasteiger partial charge in [0.1, 0.15) is 18.2 Å². The molecule has 208 valence electrons. The Kier molecular flexibility index (Phi) is 8.84. The molecule has 10 heteroatoms. The van der Waals surface area contributed by atoms with Crippen molar-refractivity contribution >= 4 is 29.1 Å². The van der Waals surface area contributed by atoms with E-state index in [0.717, 1.165) is 13.1 Å². The molecule has 3 aromatic carbocycles. The van der Waals surface area contributed by atoms with Gasteiger partial charge in [0.25, 0.3) is 11.8 Å². The van der Waals surface area contributed by atoms with Gasteiger partial charge < -0.3 is 9.64 Å². The summed E-state index contributed by atoms with van der Waals surface area (Å²) >= 11 is 6.34. The van der Waals surface area contributed by atoms with Gasteiger partial charge in [0.15, 0.2) is 0 Å². The predicted molar refractivity (Wildman–Crippen MR) is 148 cm³/mol. The number of morpholine rings is 1. The van der Waals surface area contributed by atoms with Crippen LogP contribution in [0.1, 0.15) is 33.9 Å². The molecule has 0 spiro atoms. The summed E-state index contributed by atoms with van der Waals surface area (Å²) in [6.45, 7) is 3.26. The van der Waals surface area contributed by atoms with Crippen LogP contribution < -0.4 is 0 Å². The number of hydrogen-bond donors (Lipinski definition) is 0. The molecule has 0 aliphatic carbocycles. The molecule has 3 aromatic rings. The van der Waals surface area contributed by atoms with Gasteiger partial charge in [-0.15, -0.1) is 0 Å². The molecule has 2 heterocycles. The zero-order valence-electron chi connectivity index (χ0n) is 21.8. The van der Waals surface area contributed by atoms with Gasteiger partial charge in [-0.3, -0.25) is 14.5 Å². The SMILES string of the molecule is O=C(c1ccccc1Cl)N(CCN1CCOCC1)CC(=O)N1N=C(c2ccccc2F)C[C@H]1c1ccc(F)cc1. The summed E-state index contributed by atoms with van der Waals surface area (Å²) in [7, 11) is 0. The van der Waals surface area contributed by atoms with Gasteiger partial charge in [-0.1, -0.05) is 54.1 Å². The second-order valence-corrected chi connectivity index (χ2v) is 10.1. The summed E-state index contributed by atoms with van der Waals surface area (Å²) in [6, 6.07) is 18.2. The third-order valence-electron chi connectivity index (χ3n) is 7.11. The molecule has 2 amide bonds. The van der Waals surface area contributed by atoms with E-state index in [4.69, 9.17) is 16.3 Å². The van der Waals surface area contributed by atoms with Gasteiger partial charge in [0.2, 0.25) is 0 Å². The topological polar surface area (TPSA) is 65.5 Å². The van der Waals surface area contributed by atoms with Crippen LogP contribution in [-0.4, -0.2) is 78.3 Å². The van der Waals surface area contributed by atoms with Crippen LogP contribution in [0.2, 0.25) is 5.02 Å². The molecule has 7 nitrogen and oxygen atoms in total. The van der Waals surface area contributed by atoms with E-state index in [0.29, 0.717) is 47.2 Å². The van der Waals surface area contributed by atoms with E-state index in [1.54, 1.807) is 54.6 Å². The van der Waals surface area contributed by atoms with Gasteiger partial charge in [0.05, 0.1) is 35.6 Å². The summed E-state index contributed by atoms with van der Waals surface area (Å²) in [5.41, 5.74) is 1.65. The van der Waals surface area contributed by atoms with Gasteiger partial charge >= 0.3 is 0 Å². The number of carbonyl (C=O) groups is 2. The van der Waals surface area contributed by atoms with Crippen molar-refractivity contribution in [3.05, 3.63) is 106 Å². The standard InChI is InChI=1S/C30H29ClF2N4O3/c31-25-7-3-1-5-23(25)30(39)36(14-13-35-15-17-40-18-16-35)20-29(38)37-28(21-9-11-22(32)12-10-21)19-27(34-37)24-6-2-4-8-26(24)33/h1-12,28H,13-20H2/t28-/m0/s1. The van der Waals surface area contributed by atoms with Crippen molar-refractivity contribution in [1.82, 2.24) is 14.8 Å². The number of benzene rings is 3. The summed E-state index contributed by atoms with van der Waals surface area (Å²) < 4.78 is 33.8.